The number of amides is 3. The second kappa shape index (κ2) is 9.29. The van der Waals surface area contributed by atoms with E-state index in [2.05, 4.69) is 0 Å². The molecule has 2 heterocycles. The Labute approximate surface area is 205 Å². The summed E-state index contributed by atoms with van der Waals surface area (Å²) in [4.78, 5) is 54.5. The molecule has 1 aliphatic carbocycles. The van der Waals surface area contributed by atoms with Gasteiger partial charge >= 0.3 is 5.97 Å². The third-order valence-electron chi connectivity index (χ3n) is 7.59. The molecule has 3 aliphatic rings. The first-order chi connectivity index (χ1) is 16.9. The molecule has 7 heteroatoms. The highest BCUT2D eigenvalue weighted by Gasteiger charge is 2.49. The van der Waals surface area contributed by atoms with Crippen molar-refractivity contribution in [2.75, 3.05) is 16.3 Å². The summed E-state index contributed by atoms with van der Waals surface area (Å²) in [6.07, 6.45) is 4.39. The van der Waals surface area contributed by atoms with Gasteiger partial charge in [-0.15, -0.1) is 0 Å². The van der Waals surface area contributed by atoms with E-state index in [-0.39, 0.29) is 42.5 Å². The van der Waals surface area contributed by atoms with Gasteiger partial charge in [-0.05, 0) is 61.6 Å². The number of carbonyl (C=O) groups is 4. The van der Waals surface area contributed by atoms with Crippen LogP contribution >= 0.6 is 0 Å². The molecule has 3 fully saturated rings. The molecule has 0 aromatic heterocycles. The van der Waals surface area contributed by atoms with Crippen LogP contribution < -0.4 is 14.5 Å². The molecule has 0 N–H and O–H groups in total. The Bertz CT molecular complexity index is 1180. The van der Waals surface area contributed by atoms with E-state index in [1.165, 1.54) is 4.90 Å². The normalized spacial score (nSPS) is 24.2. The molecule has 3 atom stereocenters. The molecule has 5 rings (SSSR count). The van der Waals surface area contributed by atoms with Crippen molar-refractivity contribution in [3.05, 3.63) is 53.6 Å². The van der Waals surface area contributed by atoms with Gasteiger partial charge < -0.3 is 9.64 Å². The molecular formula is C28H30N2O5. The van der Waals surface area contributed by atoms with Crippen molar-refractivity contribution in [3.63, 3.8) is 0 Å². The average molecular weight is 475 g/mol. The Morgan fingerprint density at radius 2 is 1.66 bits per heavy atom. The standard InChI is InChI=1S/C28H30N2O5/c1-3-18-8-4-7-11-24(18)29-16-19(15-25(29)31)28(34)35-20-12-13-23(17(2)14-20)30-26(32)21-9-5-6-10-22(21)27(30)33/h4,7-8,11-14,19,21-22H,3,5-6,9-10,15-16H2,1-2H3/t19-,21+,22+/m1/s1. The maximum absolute atomic E-state index is 12.9. The van der Waals surface area contributed by atoms with E-state index in [9.17, 15) is 19.2 Å². The van der Waals surface area contributed by atoms with Crippen molar-refractivity contribution >= 4 is 35.1 Å². The van der Waals surface area contributed by atoms with Crippen LogP contribution in [0.1, 0.15) is 50.2 Å². The van der Waals surface area contributed by atoms with Crippen LogP contribution in [0.2, 0.25) is 0 Å². The minimum Gasteiger partial charge on any atom is -0.426 e. The van der Waals surface area contributed by atoms with Gasteiger partial charge in [0.05, 0.1) is 23.4 Å². The summed E-state index contributed by atoms with van der Waals surface area (Å²) in [5, 5.41) is 0. The SMILES string of the molecule is CCc1ccccc1N1C[C@H](C(=O)Oc2ccc(N3C(=O)[C@H]4CCCC[C@@H]4C3=O)c(C)c2)CC1=O. The van der Waals surface area contributed by atoms with Crippen LogP contribution in [0.4, 0.5) is 11.4 Å². The van der Waals surface area contributed by atoms with E-state index >= 15 is 0 Å². The number of para-hydroxylation sites is 1. The van der Waals surface area contributed by atoms with E-state index in [0.717, 1.165) is 43.4 Å². The highest BCUT2D eigenvalue weighted by atomic mass is 16.5. The molecule has 2 aromatic carbocycles. The first-order valence-corrected chi connectivity index (χ1v) is 12.5. The quantitative estimate of drug-likeness (QED) is 0.369. The summed E-state index contributed by atoms with van der Waals surface area (Å²) < 4.78 is 5.63. The number of aryl methyl sites for hydroxylation is 2. The Kier molecular flexibility index (Phi) is 6.17. The van der Waals surface area contributed by atoms with Gasteiger partial charge in [0.25, 0.3) is 0 Å². The van der Waals surface area contributed by atoms with Crippen LogP contribution in [0.15, 0.2) is 42.5 Å². The van der Waals surface area contributed by atoms with Crippen LogP contribution in [0.25, 0.3) is 0 Å². The van der Waals surface area contributed by atoms with Crippen molar-refractivity contribution in [2.24, 2.45) is 17.8 Å². The Hall–Kier alpha value is -3.48. The number of hydrogen-bond donors (Lipinski definition) is 0. The Balaban J connectivity index is 1.29. The van der Waals surface area contributed by atoms with Crippen LogP contribution in [-0.4, -0.2) is 30.2 Å². The zero-order valence-electron chi connectivity index (χ0n) is 20.2. The highest BCUT2D eigenvalue weighted by Crippen LogP contribution is 2.41. The van der Waals surface area contributed by atoms with E-state index < -0.39 is 11.9 Å². The summed E-state index contributed by atoms with van der Waals surface area (Å²) in [5.74, 6) is -1.44. The maximum Gasteiger partial charge on any atom is 0.316 e. The zero-order valence-corrected chi connectivity index (χ0v) is 20.2. The lowest BCUT2D eigenvalue weighted by Crippen LogP contribution is -2.31. The van der Waals surface area contributed by atoms with Gasteiger partial charge in [0.15, 0.2) is 0 Å². The van der Waals surface area contributed by atoms with E-state index in [1.807, 2.05) is 31.2 Å². The number of fused-ring (bicyclic) bond motifs is 1. The van der Waals surface area contributed by atoms with Crippen molar-refractivity contribution in [3.8, 4) is 5.75 Å². The lowest BCUT2D eigenvalue weighted by atomic mass is 9.81. The molecule has 35 heavy (non-hydrogen) atoms. The third kappa shape index (κ3) is 4.13. The molecule has 0 spiro atoms. The molecule has 1 saturated carbocycles. The molecular weight excluding hydrogens is 444 g/mol. The highest BCUT2D eigenvalue weighted by molar-refractivity contribution is 6.22. The summed E-state index contributed by atoms with van der Waals surface area (Å²) in [6, 6.07) is 12.7. The fourth-order valence-electron chi connectivity index (χ4n) is 5.71. The van der Waals surface area contributed by atoms with Gasteiger partial charge in [0, 0.05) is 18.7 Å². The molecule has 2 aromatic rings. The predicted octanol–water partition coefficient (Wildman–Crippen LogP) is 4.20. The number of anilines is 2. The molecule has 7 nitrogen and oxygen atoms in total. The van der Waals surface area contributed by atoms with E-state index in [0.29, 0.717) is 17.0 Å². The molecule has 2 aliphatic heterocycles. The lowest BCUT2D eigenvalue weighted by molar-refractivity contribution is -0.139. The van der Waals surface area contributed by atoms with Crippen LogP contribution in [0.5, 0.6) is 5.75 Å². The molecule has 182 valence electrons. The molecule has 0 radical (unpaired) electrons. The molecule has 0 bridgehead atoms. The van der Waals surface area contributed by atoms with E-state index in [4.69, 9.17) is 4.74 Å². The van der Waals surface area contributed by atoms with E-state index in [1.54, 1.807) is 30.0 Å². The van der Waals surface area contributed by atoms with Gasteiger partial charge in [0.1, 0.15) is 5.75 Å². The number of nitrogens with zero attached hydrogens (tertiary/aromatic N) is 2. The fraction of sp³-hybridized carbons (Fsp3) is 0.429. The largest absolute Gasteiger partial charge is 0.426 e. The summed E-state index contributed by atoms with van der Waals surface area (Å²) in [5.41, 5.74) is 3.15. The van der Waals surface area contributed by atoms with Crippen LogP contribution in [0.3, 0.4) is 0 Å². The minimum atomic E-state index is -0.558. The Morgan fingerprint density at radius 3 is 2.31 bits per heavy atom. The number of rotatable bonds is 5. The third-order valence-corrected chi connectivity index (χ3v) is 7.59. The number of benzene rings is 2. The van der Waals surface area contributed by atoms with Gasteiger partial charge in [-0.3, -0.25) is 19.2 Å². The summed E-state index contributed by atoms with van der Waals surface area (Å²) in [6.45, 7) is 4.12. The van der Waals surface area contributed by atoms with Crippen LogP contribution in [-0.2, 0) is 25.6 Å². The molecule has 0 unspecified atom stereocenters. The minimum absolute atomic E-state index is 0.0908. The number of ether oxygens (including phenoxy) is 1. The van der Waals surface area contributed by atoms with Gasteiger partial charge in [-0.1, -0.05) is 38.0 Å². The maximum atomic E-state index is 12.9. The van der Waals surface area contributed by atoms with Crippen molar-refractivity contribution in [2.45, 2.75) is 52.4 Å². The van der Waals surface area contributed by atoms with Crippen molar-refractivity contribution in [1.29, 1.82) is 0 Å². The summed E-state index contributed by atoms with van der Waals surface area (Å²) >= 11 is 0. The average Bonchev–Trinajstić information content (AvgIpc) is 3.37. The lowest BCUT2D eigenvalue weighted by Gasteiger charge is -2.20. The van der Waals surface area contributed by atoms with Gasteiger partial charge in [-0.2, -0.15) is 0 Å². The number of hydrogen-bond acceptors (Lipinski definition) is 5. The topological polar surface area (TPSA) is 84.0 Å². The zero-order chi connectivity index (χ0) is 24.7. The first kappa shape index (κ1) is 23.3. The van der Waals surface area contributed by atoms with Crippen molar-refractivity contribution in [1.82, 2.24) is 0 Å². The number of esters is 1. The van der Waals surface area contributed by atoms with Crippen LogP contribution in [0, 0.1) is 24.7 Å². The van der Waals surface area contributed by atoms with Gasteiger partial charge in [-0.25, -0.2) is 4.90 Å². The summed E-state index contributed by atoms with van der Waals surface area (Å²) in [7, 11) is 0. The van der Waals surface area contributed by atoms with Crippen molar-refractivity contribution < 1.29 is 23.9 Å². The number of carbonyl (C=O) groups excluding carboxylic acids is 4. The monoisotopic (exact) mass is 474 g/mol. The second-order valence-corrected chi connectivity index (χ2v) is 9.77. The fourth-order valence-corrected chi connectivity index (χ4v) is 5.71. The molecule has 2 saturated heterocycles. The molecule has 3 amide bonds. The smallest absolute Gasteiger partial charge is 0.316 e. The predicted molar refractivity (Wildman–Crippen MR) is 131 cm³/mol. The van der Waals surface area contributed by atoms with Gasteiger partial charge in [0.2, 0.25) is 17.7 Å². The first-order valence-electron chi connectivity index (χ1n) is 12.5. The number of imide groups is 1. The Morgan fingerprint density at radius 1 is 0.971 bits per heavy atom. The second-order valence-electron chi connectivity index (χ2n) is 9.77.